The van der Waals surface area contributed by atoms with Crippen molar-refractivity contribution in [1.29, 1.82) is 0 Å². The van der Waals surface area contributed by atoms with Gasteiger partial charge >= 0.3 is 0 Å². The summed E-state index contributed by atoms with van der Waals surface area (Å²) < 4.78 is 0. The Labute approximate surface area is 111 Å². The van der Waals surface area contributed by atoms with E-state index in [9.17, 15) is 9.59 Å². The second-order valence-corrected chi connectivity index (χ2v) is 4.87. The van der Waals surface area contributed by atoms with Gasteiger partial charge in [-0.25, -0.2) is 0 Å². The molecule has 2 fully saturated rings. The van der Waals surface area contributed by atoms with E-state index in [2.05, 4.69) is 11.8 Å². The van der Waals surface area contributed by atoms with Crippen molar-refractivity contribution < 1.29 is 9.59 Å². The summed E-state index contributed by atoms with van der Waals surface area (Å²) in [5, 5.41) is 0. The minimum Gasteiger partial charge on any atom is -0.320 e. The molecule has 1 aliphatic carbocycles. The predicted molar refractivity (Wildman–Crippen MR) is 69.5 cm³/mol. The molecule has 96 valence electrons. The summed E-state index contributed by atoms with van der Waals surface area (Å²) in [5.74, 6) is 5.62. The van der Waals surface area contributed by atoms with Gasteiger partial charge in [-0.1, -0.05) is 30.0 Å². The highest BCUT2D eigenvalue weighted by Gasteiger charge is 2.58. The highest BCUT2D eigenvalue weighted by Crippen LogP contribution is 2.47. The van der Waals surface area contributed by atoms with Gasteiger partial charge in [-0.15, -0.1) is 0 Å². The first-order chi connectivity index (χ1) is 9.22. The first-order valence-electron chi connectivity index (χ1n) is 6.34. The van der Waals surface area contributed by atoms with Crippen LogP contribution in [0.5, 0.6) is 0 Å². The number of piperidine rings is 1. The number of nitrogens with two attached hydrogens (primary N) is 1. The van der Waals surface area contributed by atoms with Crippen molar-refractivity contribution in [2.75, 3.05) is 6.54 Å². The molecule has 0 radical (unpaired) electrons. The Kier molecular flexibility index (Phi) is 2.84. The summed E-state index contributed by atoms with van der Waals surface area (Å²) in [7, 11) is 0. The van der Waals surface area contributed by atoms with E-state index in [1.54, 1.807) is 0 Å². The summed E-state index contributed by atoms with van der Waals surface area (Å²) in [6, 6.07) is 7.54. The molecular formula is C15H14N2O2. The average Bonchev–Trinajstić information content (AvgIpc) is 3.18. The number of carbonyl (C=O) groups is 2. The largest absolute Gasteiger partial charge is 0.320 e. The highest BCUT2D eigenvalue weighted by atomic mass is 16.2. The van der Waals surface area contributed by atoms with E-state index in [0.29, 0.717) is 13.1 Å². The van der Waals surface area contributed by atoms with Gasteiger partial charge in [0.05, 0.1) is 24.9 Å². The molecule has 2 aliphatic rings. The van der Waals surface area contributed by atoms with E-state index in [1.165, 1.54) is 4.90 Å². The van der Waals surface area contributed by atoms with E-state index in [1.807, 2.05) is 24.3 Å². The average molecular weight is 254 g/mol. The third-order valence-corrected chi connectivity index (χ3v) is 3.63. The Balaban J connectivity index is 1.84. The summed E-state index contributed by atoms with van der Waals surface area (Å²) >= 11 is 0. The quantitative estimate of drug-likeness (QED) is 0.617. The number of hydrogen-bond donors (Lipinski definition) is 1. The molecule has 0 bridgehead atoms. The maximum atomic E-state index is 11.9. The lowest BCUT2D eigenvalue weighted by Crippen LogP contribution is -2.32. The lowest BCUT2D eigenvalue weighted by Gasteiger charge is -2.17. The van der Waals surface area contributed by atoms with E-state index in [-0.39, 0.29) is 23.7 Å². The number of nitrogens with zero attached hydrogens (tertiary/aromatic N) is 1. The molecule has 1 aromatic rings. The Bertz CT molecular complexity index is 592. The standard InChI is InChI=1S/C15H14N2O2/c16-7-3-6-10-4-1-2-5-11(10)9-17-14(18)12-8-13(12)15(17)19/h1-2,4-5,12-13H,7-9,16H2. The summed E-state index contributed by atoms with van der Waals surface area (Å²) in [4.78, 5) is 25.2. The van der Waals surface area contributed by atoms with Crippen molar-refractivity contribution >= 4 is 11.8 Å². The van der Waals surface area contributed by atoms with Crippen LogP contribution in [0.3, 0.4) is 0 Å². The monoisotopic (exact) mass is 254 g/mol. The van der Waals surface area contributed by atoms with E-state index < -0.39 is 0 Å². The zero-order valence-corrected chi connectivity index (χ0v) is 10.4. The van der Waals surface area contributed by atoms with Crippen LogP contribution in [-0.4, -0.2) is 23.3 Å². The molecule has 2 N–H and O–H groups in total. The number of amides is 2. The van der Waals surface area contributed by atoms with Crippen LogP contribution < -0.4 is 5.73 Å². The molecule has 1 heterocycles. The Morgan fingerprint density at radius 3 is 2.58 bits per heavy atom. The molecule has 2 unspecified atom stereocenters. The zero-order valence-electron chi connectivity index (χ0n) is 10.4. The Morgan fingerprint density at radius 1 is 1.21 bits per heavy atom. The minimum atomic E-state index is -0.0465. The van der Waals surface area contributed by atoms with E-state index >= 15 is 0 Å². The molecular weight excluding hydrogens is 240 g/mol. The molecule has 1 aliphatic heterocycles. The lowest BCUT2D eigenvalue weighted by atomic mass is 10.1. The molecule has 2 atom stereocenters. The van der Waals surface area contributed by atoms with Gasteiger partial charge in [-0.3, -0.25) is 14.5 Å². The van der Waals surface area contributed by atoms with Gasteiger partial charge in [0.2, 0.25) is 11.8 Å². The Hall–Kier alpha value is -2.12. The molecule has 1 saturated carbocycles. The smallest absolute Gasteiger partial charge is 0.233 e. The van der Waals surface area contributed by atoms with Crippen molar-refractivity contribution in [3.05, 3.63) is 35.4 Å². The van der Waals surface area contributed by atoms with Gasteiger partial charge in [0, 0.05) is 5.56 Å². The first-order valence-corrected chi connectivity index (χ1v) is 6.34. The molecule has 0 spiro atoms. The van der Waals surface area contributed by atoms with Crippen molar-refractivity contribution in [3.63, 3.8) is 0 Å². The number of likely N-dealkylation sites (tertiary alicyclic amines) is 1. The molecule has 1 saturated heterocycles. The number of carbonyl (C=O) groups excluding carboxylic acids is 2. The highest BCUT2D eigenvalue weighted by molar-refractivity contribution is 6.08. The van der Waals surface area contributed by atoms with Gasteiger partial charge < -0.3 is 5.73 Å². The van der Waals surface area contributed by atoms with Crippen LogP contribution >= 0.6 is 0 Å². The van der Waals surface area contributed by atoms with Gasteiger partial charge in [0.15, 0.2) is 0 Å². The van der Waals surface area contributed by atoms with Gasteiger partial charge in [-0.2, -0.15) is 0 Å². The number of fused-ring (bicyclic) bond motifs is 1. The minimum absolute atomic E-state index is 0.0309. The molecule has 3 rings (SSSR count). The first kappa shape index (κ1) is 11.9. The van der Waals surface area contributed by atoms with Crippen molar-refractivity contribution in [2.45, 2.75) is 13.0 Å². The summed E-state index contributed by atoms with van der Waals surface area (Å²) in [5.41, 5.74) is 7.09. The molecule has 19 heavy (non-hydrogen) atoms. The predicted octanol–water partition coefficient (Wildman–Crippen LogP) is 0.502. The second-order valence-electron chi connectivity index (χ2n) is 4.87. The fourth-order valence-electron chi connectivity index (χ4n) is 2.50. The molecule has 1 aromatic carbocycles. The van der Waals surface area contributed by atoms with Gasteiger partial charge in [0.25, 0.3) is 0 Å². The zero-order chi connectivity index (χ0) is 13.4. The second kappa shape index (κ2) is 4.52. The van der Waals surface area contributed by atoms with Crippen LogP contribution in [0.2, 0.25) is 0 Å². The van der Waals surface area contributed by atoms with Crippen molar-refractivity contribution in [1.82, 2.24) is 4.90 Å². The van der Waals surface area contributed by atoms with E-state index in [0.717, 1.165) is 17.5 Å². The van der Waals surface area contributed by atoms with Crippen LogP contribution in [0.15, 0.2) is 24.3 Å². The van der Waals surface area contributed by atoms with Crippen molar-refractivity contribution in [3.8, 4) is 11.8 Å². The number of hydrogen-bond acceptors (Lipinski definition) is 3. The summed E-state index contributed by atoms with van der Waals surface area (Å²) in [6.45, 7) is 0.611. The van der Waals surface area contributed by atoms with Crippen molar-refractivity contribution in [2.24, 2.45) is 17.6 Å². The van der Waals surface area contributed by atoms with Crippen LogP contribution in [0.4, 0.5) is 0 Å². The third kappa shape index (κ3) is 2.02. The number of benzene rings is 1. The third-order valence-electron chi connectivity index (χ3n) is 3.63. The van der Waals surface area contributed by atoms with Crippen LogP contribution in [0.1, 0.15) is 17.5 Å². The van der Waals surface area contributed by atoms with Gasteiger partial charge in [0.1, 0.15) is 0 Å². The maximum absolute atomic E-state index is 11.9. The lowest BCUT2D eigenvalue weighted by molar-refractivity contribution is -0.142. The fraction of sp³-hybridized carbons (Fsp3) is 0.333. The fourth-order valence-corrected chi connectivity index (χ4v) is 2.50. The molecule has 0 aromatic heterocycles. The SMILES string of the molecule is NCC#Cc1ccccc1CN1C(=O)C2CC2C1=O. The molecule has 4 heteroatoms. The summed E-state index contributed by atoms with van der Waals surface area (Å²) in [6.07, 6.45) is 0.739. The number of imide groups is 1. The Morgan fingerprint density at radius 2 is 1.89 bits per heavy atom. The topological polar surface area (TPSA) is 63.4 Å². The van der Waals surface area contributed by atoms with Crippen LogP contribution in [0.25, 0.3) is 0 Å². The molecule has 2 amide bonds. The normalized spacial score (nSPS) is 23.9. The number of rotatable bonds is 2. The maximum Gasteiger partial charge on any atom is 0.233 e. The van der Waals surface area contributed by atoms with Gasteiger partial charge in [-0.05, 0) is 18.1 Å². The molecule has 4 nitrogen and oxygen atoms in total. The van der Waals surface area contributed by atoms with Crippen LogP contribution in [-0.2, 0) is 16.1 Å². The van der Waals surface area contributed by atoms with E-state index in [4.69, 9.17) is 5.73 Å². The van der Waals surface area contributed by atoms with Crippen LogP contribution in [0, 0.1) is 23.7 Å².